The van der Waals surface area contributed by atoms with E-state index in [0.717, 1.165) is 44.9 Å². The maximum atomic E-state index is 13.2. The first kappa shape index (κ1) is 27.9. The second kappa shape index (κ2) is 12.2. The van der Waals surface area contributed by atoms with Crippen LogP contribution < -0.4 is 20.9 Å². The molecule has 1 aromatic heterocycles. The number of rotatable bonds is 6. The third-order valence-corrected chi connectivity index (χ3v) is 7.48. The van der Waals surface area contributed by atoms with Gasteiger partial charge >= 0.3 is 12.3 Å². The molecule has 3 N–H and O–H groups in total. The maximum absolute atomic E-state index is 13.2. The average Bonchev–Trinajstić information content (AvgIpc) is 3.47. The molecule has 4 rings (SSSR count). The Kier molecular flexibility index (Phi) is 8.93. The molecule has 1 saturated heterocycles. The summed E-state index contributed by atoms with van der Waals surface area (Å²) in [5.74, 6) is -1.57. The Morgan fingerprint density at radius 3 is 2.39 bits per heavy atom. The second-order valence-corrected chi connectivity index (χ2v) is 9.89. The van der Waals surface area contributed by atoms with Crippen LogP contribution in [-0.4, -0.2) is 40.9 Å². The highest BCUT2D eigenvalue weighted by atomic mass is 19.4. The summed E-state index contributed by atoms with van der Waals surface area (Å²) < 4.78 is 48.6. The Labute approximate surface area is 219 Å². The lowest BCUT2D eigenvalue weighted by Crippen LogP contribution is -2.65. The minimum atomic E-state index is -4.92. The number of nitrogens with one attached hydrogen (secondary N) is 3. The number of hydrazine groups is 1. The molecule has 0 bridgehead atoms. The second-order valence-electron chi connectivity index (χ2n) is 9.89. The molecule has 2 aliphatic rings. The summed E-state index contributed by atoms with van der Waals surface area (Å²) in [5.41, 5.74) is 5.97. The fourth-order valence-electron chi connectivity index (χ4n) is 5.55. The number of halogens is 3. The first-order valence-electron chi connectivity index (χ1n) is 13.0. The number of carbonyl (C=O) groups excluding carboxylic acids is 2. The summed E-state index contributed by atoms with van der Waals surface area (Å²) in [7, 11) is 1.10. The molecule has 1 aromatic carbocycles. The first-order valence-corrected chi connectivity index (χ1v) is 13.0. The van der Waals surface area contributed by atoms with Crippen molar-refractivity contribution in [2.24, 2.45) is 5.92 Å². The van der Waals surface area contributed by atoms with Gasteiger partial charge in [0.2, 0.25) is 5.91 Å². The Hall–Kier alpha value is -3.12. The van der Waals surface area contributed by atoms with Gasteiger partial charge in [-0.3, -0.25) is 4.79 Å². The molecular formula is C26H34F3N5O4. The fourth-order valence-corrected chi connectivity index (χ4v) is 5.55. The van der Waals surface area contributed by atoms with Gasteiger partial charge in [0.15, 0.2) is 0 Å². The molecular weight excluding hydrogens is 503 g/mol. The van der Waals surface area contributed by atoms with E-state index in [4.69, 9.17) is 0 Å². The lowest BCUT2D eigenvalue weighted by atomic mass is 9.79. The predicted molar refractivity (Wildman–Crippen MR) is 133 cm³/mol. The number of imidazole rings is 1. The number of carbonyl (C=O) groups is 2. The monoisotopic (exact) mass is 537 g/mol. The number of anilines is 1. The van der Waals surface area contributed by atoms with Gasteiger partial charge in [-0.2, -0.15) is 0 Å². The van der Waals surface area contributed by atoms with Crippen molar-refractivity contribution in [3.05, 3.63) is 42.5 Å². The molecule has 2 aromatic rings. The number of hydrogen-bond acceptors (Lipinski definition) is 7. The number of amides is 1. The van der Waals surface area contributed by atoms with Crippen LogP contribution in [0.4, 0.5) is 18.9 Å². The van der Waals surface area contributed by atoms with Crippen molar-refractivity contribution in [2.45, 2.75) is 82.3 Å². The van der Waals surface area contributed by atoms with Gasteiger partial charge in [0, 0.05) is 12.4 Å². The van der Waals surface area contributed by atoms with E-state index in [-0.39, 0.29) is 11.3 Å². The van der Waals surface area contributed by atoms with Crippen molar-refractivity contribution in [2.75, 3.05) is 12.4 Å². The van der Waals surface area contributed by atoms with E-state index in [1.807, 2.05) is 6.20 Å². The van der Waals surface area contributed by atoms with Gasteiger partial charge in [-0.1, -0.05) is 38.5 Å². The van der Waals surface area contributed by atoms with Gasteiger partial charge in [-0.05, 0) is 49.8 Å². The molecule has 9 nitrogen and oxygen atoms in total. The number of nitrogens with zero attached hydrogens (tertiary/aromatic N) is 2. The molecule has 2 fully saturated rings. The van der Waals surface area contributed by atoms with Gasteiger partial charge < -0.3 is 19.4 Å². The van der Waals surface area contributed by atoms with Crippen LogP contribution in [0.2, 0.25) is 0 Å². The van der Waals surface area contributed by atoms with Crippen molar-refractivity contribution in [3.63, 3.8) is 0 Å². The number of methoxy groups -OCH3 is 1. The number of alkyl halides is 3. The third kappa shape index (κ3) is 6.65. The minimum Gasteiger partial charge on any atom is -0.465 e. The van der Waals surface area contributed by atoms with Gasteiger partial charge in [-0.15, -0.1) is 13.2 Å². The number of benzene rings is 1. The quantitative estimate of drug-likeness (QED) is 0.452. The van der Waals surface area contributed by atoms with Gasteiger partial charge in [0.25, 0.3) is 0 Å². The molecule has 2 heterocycles. The minimum absolute atomic E-state index is 0.0286. The van der Waals surface area contributed by atoms with E-state index in [2.05, 4.69) is 35.2 Å². The van der Waals surface area contributed by atoms with Crippen LogP contribution in [-0.2, 0) is 15.2 Å². The zero-order valence-electron chi connectivity index (χ0n) is 21.4. The topological polar surface area (TPSA) is 107 Å². The van der Waals surface area contributed by atoms with Crippen LogP contribution in [0.3, 0.4) is 0 Å². The molecule has 208 valence electrons. The fraction of sp³-hybridized carbons (Fsp3) is 0.577. The highest BCUT2D eigenvalue weighted by Gasteiger charge is 2.44. The molecule has 1 saturated carbocycles. The third-order valence-electron chi connectivity index (χ3n) is 7.48. The highest BCUT2D eigenvalue weighted by Crippen LogP contribution is 2.39. The predicted octanol–water partition coefficient (Wildman–Crippen LogP) is 4.87. The maximum Gasteiger partial charge on any atom is 0.573 e. The molecule has 1 aliphatic heterocycles. The summed E-state index contributed by atoms with van der Waals surface area (Å²) in [6, 6.07) is 2.47. The molecule has 1 aliphatic carbocycles. The normalized spacial score (nSPS) is 23.5. The molecule has 0 radical (unpaired) electrons. The smallest absolute Gasteiger partial charge is 0.465 e. The van der Waals surface area contributed by atoms with E-state index < -0.39 is 35.7 Å². The Morgan fingerprint density at radius 1 is 1.11 bits per heavy atom. The van der Waals surface area contributed by atoms with E-state index in [1.54, 1.807) is 12.5 Å². The highest BCUT2D eigenvalue weighted by molar-refractivity contribution is 6.03. The van der Waals surface area contributed by atoms with Crippen LogP contribution in [0, 0.1) is 5.92 Å². The van der Waals surface area contributed by atoms with E-state index in [1.165, 1.54) is 31.7 Å². The first-order chi connectivity index (χ1) is 18.2. The van der Waals surface area contributed by atoms with E-state index in [0.29, 0.717) is 18.8 Å². The zero-order valence-corrected chi connectivity index (χ0v) is 21.4. The van der Waals surface area contributed by atoms with E-state index in [9.17, 15) is 22.8 Å². The number of hydrogen-bond donors (Lipinski definition) is 3. The Bertz CT molecular complexity index is 1080. The largest absolute Gasteiger partial charge is 0.573 e. The van der Waals surface area contributed by atoms with Crippen molar-refractivity contribution in [1.82, 2.24) is 20.4 Å². The summed E-state index contributed by atoms with van der Waals surface area (Å²) in [6.07, 6.45) is 11.1. The molecule has 38 heavy (non-hydrogen) atoms. The molecule has 2 unspecified atom stereocenters. The van der Waals surface area contributed by atoms with Crippen LogP contribution >= 0.6 is 0 Å². The summed E-state index contributed by atoms with van der Waals surface area (Å²) in [4.78, 5) is 29.7. The van der Waals surface area contributed by atoms with Crippen LogP contribution in [0.25, 0.3) is 0 Å². The van der Waals surface area contributed by atoms with E-state index >= 15 is 0 Å². The van der Waals surface area contributed by atoms with Gasteiger partial charge in [0.05, 0.1) is 24.7 Å². The van der Waals surface area contributed by atoms with Crippen LogP contribution in [0.5, 0.6) is 5.75 Å². The number of ether oxygens (including phenoxy) is 2. The molecule has 2 atom stereocenters. The molecule has 12 heteroatoms. The molecule has 1 amide bonds. The number of aromatic nitrogens is 2. The lowest BCUT2D eigenvalue weighted by Gasteiger charge is -2.47. The Balaban J connectivity index is 1.48. The SMILES string of the molecule is COC(=O)c1cc(OC(F)(F)F)ccc1NC(=O)C1CCC(C2CCCCCCCC2)(n2ccnc2)NN1. The van der Waals surface area contributed by atoms with Crippen molar-refractivity contribution in [3.8, 4) is 5.75 Å². The zero-order chi connectivity index (χ0) is 27.2. The summed E-state index contributed by atoms with van der Waals surface area (Å²) in [6.45, 7) is 0. The van der Waals surface area contributed by atoms with Crippen molar-refractivity contribution in [1.29, 1.82) is 0 Å². The summed E-state index contributed by atoms with van der Waals surface area (Å²) >= 11 is 0. The van der Waals surface area contributed by atoms with Gasteiger partial charge in [0.1, 0.15) is 17.5 Å². The van der Waals surface area contributed by atoms with Crippen molar-refractivity contribution >= 4 is 17.6 Å². The summed E-state index contributed by atoms with van der Waals surface area (Å²) in [5, 5.41) is 2.66. The number of esters is 1. The average molecular weight is 538 g/mol. The standard InChI is InChI=1S/C26H34F3N5O4/c1-37-24(36)20-16-19(38-26(27,28)29)10-11-21(20)31-23(35)22-12-13-25(33-32-22,34-15-14-30-17-34)18-8-6-4-2-3-5-7-9-18/h10-11,14-18,22,32-33H,2-9,12-13H2,1H3,(H,31,35). The van der Waals surface area contributed by atoms with Crippen molar-refractivity contribution < 1.29 is 32.2 Å². The van der Waals surface area contributed by atoms with Gasteiger partial charge in [-0.25, -0.2) is 20.6 Å². The molecule has 0 spiro atoms. The van der Waals surface area contributed by atoms with Crippen LogP contribution in [0.15, 0.2) is 36.9 Å². The Morgan fingerprint density at radius 2 is 1.82 bits per heavy atom. The lowest BCUT2D eigenvalue weighted by molar-refractivity contribution is -0.274. The van der Waals surface area contributed by atoms with Crippen LogP contribution in [0.1, 0.15) is 74.6 Å².